The molecule has 0 saturated heterocycles. The zero-order valence-electron chi connectivity index (χ0n) is 7.61. The van der Waals surface area contributed by atoms with Gasteiger partial charge in [0.25, 0.3) is 0 Å². The van der Waals surface area contributed by atoms with E-state index in [9.17, 15) is 0 Å². The molecule has 0 amide bonds. The quantitative estimate of drug-likeness (QED) is 0.707. The third-order valence-corrected chi connectivity index (χ3v) is 3.28. The fraction of sp³-hybridized carbons (Fsp3) is 0.200. The molecule has 0 saturated carbocycles. The molecular formula is C10H10N2Se. The van der Waals surface area contributed by atoms with Crippen molar-refractivity contribution in [3.05, 3.63) is 35.5 Å². The summed E-state index contributed by atoms with van der Waals surface area (Å²) >= 11 is 0.0876. The number of nitrogens with zero attached hydrogens (tertiary/aromatic N) is 2. The number of aromatic nitrogens is 2. The fourth-order valence-corrected chi connectivity index (χ4v) is 2.40. The third kappa shape index (κ3) is 1.71. The second-order valence-electron chi connectivity index (χ2n) is 3.06. The molecule has 0 spiro atoms. The van der Waals surface area contributed by atoms with Crippen molar-refractivity contribution >= 4 is 15.0 Å². The van der Waals surface area contributed by atoms with Gasteiger partial charge in [0.15, 0.2) is 0 Å². The summed E-state index contributed by atoms with van der Waals surface area (Å²) in [6.45, 7) is 4.11. The molecule has 0 bridgehead atoms. The molecule has 0 radical (unpaired) electrons. The Bertz CT molecular complexity index is 403. The van der Waals surface area contributed by atoms with Crippen LogP contribution in [0.4, 0.5) is 0 Å². The zero-order valence-corrected chi connectivity index (χ0v) is 9.33. The van der Waals surface area contributed by atoms with Crippen LogP contribution in [0.2, 0.25) is 0 Å². The van der Waals surface area contributed by atoms with Crippen molar-refractivity contribution in [3.63, 3.8) is 0 Å². The molecular weight excluding hydrogens is 227 g/mol. The number of hydrogen-bond acceptors (Lipinski definition) is 2. The standard InChI is InChI=1S/C10H10N2Se/c1-7-3-5-9(6-4-7)10-8(2)11-13-12-10/h3-6H,1-2H3. The molecule has 3 heteroatoms. The van der Waals surface area contributed by atoms with Gasteiger partial charge >= 0.3 is 83.5 Å². The van der Waals surface area contributed by atoms with Gasteiger partial charge < -0.3 is 0 Å². The maximum atomic E-state index is 4.39. The number of benzene rings is 1. The number of aryl methyl sites for hydroxylation is 2. The van der Waals surface area contributed by atoms with Crippen molar-refractivity contribution in [1.82, 2.24) is 7.96 Å². The minimum atomic E-state index is 0.0876. The van der Waals surface area contributed by atoms with Crippen LogP contribution in [0.1, 0.15) is 11.3 Å². The van der Waals surface area contributed by atoms with Crippen LogP contribution in [-0.2, 0) is 0 Å². The van der Waals surface area contributed by atoms with Crippen LogP contribution in [0, 0.1) is 13.8 Å². The topological polar surface area (TPSA) is 25.8 Å². The Hall–Kier alpha value is -0.921. The first-order valence-electron chi connectivity index (χ1n) is 4.13. The molecule has 13 heavy (non-hydrogen) atoms. The predicted octanol–water partition coefficient (Wildman–Crippen LogP) is 1.82. The van der Waals surface area contributed by atoms with Crippen LogP contribution in [0.15, 0.2) is 24.3 Å². The van der Waals surface area contributed by atoms with Gasteiger partial charge in [-0.3, -0.25) is 0 Å². The van der Waals surface area contributed by atoms with E-state index in [0.29, 0.717) is 0 Å². The van der Waals surface area contributed by atoms with E-state index in [1.165, 1.54) is 11.1 Å². The molecule has 1 heterocycles. The molecule has 2 nitrogen and oxygen atoms in total. The van der Waals surface area contributed by atoms with Gasteiger partial charge in [0.05, 0.1) is 0 Å². The van der Waals surface area contributed by atoms with Crippen LogP contribution in [0.25, 0.3) is 11.3 Å². The summed E-state index contributed by atoms with van der Waals surface area (Å²) in [7, 11) is 0. The Labute approximate surface area is 83.9 Å². The first-order valence-corrected chi connectivity index (χ1v) is 5.67. The van der Waals surface area contributed by atoms with Crippen LogP contribution in [0.5, 0.6) is 0 Å². The van der Waals surface area contributed by atoms with Gasteiger partial charge in [-0.2, -0.15) is 0 Å². The van der Waals surface area contributed by atoms with E-state index in [1.807, 2.05) is 6.92 Å². The van der Waals surface area contributed by atoms with E-state index in [4.69, 9.17) is 0 Å². The van der Waals surface area contributed by atoms with Crippen molar-refractivity contribution in [2.75, 3.05) is 0 Å². The van der Waals surface area contributed by atoms with Crippen molar-refractivity contribution in [2.24, 2.45) is 0 Å². The predicted molar refractivity (Wildman–Crippen MR) is 53.9 cm³/mol. The Morgan fingerprint density at radius 3 is 2.23 bits per heavy atom. The van der Waals surface area contributed by atoms with Gasteiger partial charge in [-0.25, -0.2) is 0 Å². The van der Waals surface area contributed by atoms with E-state index < -0.39 is 0 Å². The normalized spacial score (nSPS) is 10.3. The van der Waals surface area contributed by atoms with E-state index in [0.717, 1.165) is 11.4 Å². The van der Waals surface area contributed by atoms with Crippen molar-refractivity contribution in [2.45, 2.75) is 13.8 Å². The SMILES string of the molecule is Cc1ccc(-c2n[se]nc2C)cc1. The second kappa shape index (κ2) is 3.44. The van der Waals surface area contributed by atoms with Crippen molar-refractivity contribution in [3.8, 4) is 11.3 Å². The Kier molecular flexibility index (Phi) is 2.30. The minimum absolute atomic E-state index is 0.0876. The molecule has 0 N–H and O–H groups in total. The van der Waals surface area contributed by atoms with Crippen LogP contribution < -0.4 is 0 Å². The molecule has 2 rings (SSSR count). The molecule has 66 valence electrons. The van der Waals surface area contributed by atoms with Crippen LogP contribution in [0.3, 0.4) is 0 Å². The maximum absolute atomic E-state index is 4.39. The summed E-state index contributed by atoms with van der Waals surface area (Å²) < 4.78 is 8.68. The van der Waals surface area contributed by atoms with Crippen LogP contribution in [-0.4, -0.2) is 22.9 Å². The van der Waals surface area contributed by atoms with Crippen LogP contribution >= 0.6 is 0 Å². The second-order valence-corrected chi connectivity index (χ2v) is 4.17. The summed E-state index contributed by atoms with van der Waals surface area (Å²) in [5, 5.41) is 0. The summed E-state index contributed by atoms with van der Waals surface area (Å²) in [4.78, 5) is 0. The summed E-state index contributed by atoms with van der Waals surface area (Å²) in [5.74, 6) is 0. The summed E-state index contributed by atoms with van der Waals surface area (Å²) in [6, 6.07) is 8.43. The molecule has 2 aromatic rings. The zero-order chi connectivity index (χ0) is 9.26. The average Bonchev–Trinajstić information content (AvgIpc) is 2.53. The Balaban J connectivity index is 2.47. The molecule has 0 aliphatic rings. The van der Waals surface area contributed by atoms with Crippen molar-refractivity contribution in [1.29, 1.82) is 0 Å². The van der Waals surface area contributed by atoms with E-state index >= 15 is 0 Å². The first kappa shape index (κ1) is 8.67. The van der Waals surface area contributed by atoms with E-state index in [-0.39, 0.29) is 15.0 Å². The molecule has 0 aliphatic carbocycles. The molecule has 0 atom stereocenters. The van der Waals surface area contributed by atoms with Gasteiger partial charge in [0.1, 0.15) is 0 Å². The Morgan fingerprint density at radius 2 is 1.69 bits per heavy atom. The van der Waals surface area contributed by atoms with Gasteiger partial charge in [-0.15, -0.1) is 0 Å². The molecule has 0 aliphatic heterocycles. The molecule has 0 fully saturated rings. The fourth-order valence-electron chi connectivity index (χ4n) is 1.20. The molecule has 1 aromatic heterocycles. The van der Waals surface area contributed by atoms with E-state index in [1.54, 1.807) is 0 Å². The third-order valence-electron chi connectivity index (χ3n) is 1.98. The Morgan fingerprint density at radius 1 is 1.00 bits per heavy atom. The van der Waals surface area contributed by atoms with Gasteiger partial charge in [-0.05, 0) is 0 Å². The monoisotopic (exact) mass is 238 g/mol. The summed E-state index contributed by atoms with van der Waals surface area (Å²) in [5.41, 5.74) is 4.61. The molecule has 0 unspecified atom stereocenters. The van der Waals surface area contributed by atoms with Crippen molar-refractivity contribution < 1.29 is 0 Å². The number of hydrogen-bond donors (Lipinski definition) is 0. The first-order chi connectivity index (χ1) is 6.27. The van der Waals surface area contributed by atoms with Gasteiger partial charge in [0, 0.05) is 0 Å². The average molecular weight is 237 g/mol. The molecule has 1 aromatic carbocycles. The number of rotatable bonds is 1. The summed E-state index contributed by atoms with van der Waals surface area (Å²) in [6.07, 6.45) is 0. The van der Waals surface area contributed by atoms with E-state index in [2.05, 4.69) is 39.1 Å². The van der Waals surface area contributed by atoms with Gasteiger partial charge in [-0.1, -0.05) is 0 Å². The van der Waals surface area contributed by atoms with Gasteiger partial charge in [0.2, 0.25) is 0 Å².